The van der Waals surface area contributed by atoms with Gasteiger partial charge in [-0.2, -0.15) is 0 Å². The molecule has 3 nitrogen and oxygen atoms in total. The van der Waals surface area contributed by atoms with Gasteiger partial charge in [0.15, 0.2) is 0 Å². The summed E-state index contributed by atoms with van der Waals surface area (Å²) in [6, 6.07) is 19.5. The van der Waals surface area contributed by atoms with Crippen molar-refractivity contribution in [2.24, 2.45) is 0 Å². The lowest BCUT2D eigenvalue weighted by Crippen LogP contribution is -2.43. The Balaban J connectivity index is 1.95. The minimum absolute atomic E-state index is 0.197. The number of aliphatic hydroxyl groups excluding tert-OH is 1. The van der Waals surface area contributed by atoms with Crippen LogP contribution in [-0.2, 0) is 0 Å². The van der Waals surface area contributed by atoms with Crippen LogP contribution in [0.15, 0.2) is 78.5 Å². The van der Waals surface area contributed by atoms with E-state index < -0.39 is 0 Å². The molecule has 0 saturated carbocycles. The second kappa shape index (κ2) is 12.6. The maximum Gasteiger partial charge on any atom is 0.0434 e. The van der Waals surface area contributed by atoms with Gasteiger partial charge in [0.1, 0.15) is 0 Å². The molecule has 0 spiro atoms. The number of hydrogen-bond acceptors (Lipinski definition) is 3. The van der Waals surface area contributed by atoms with Gasteiger partial charge >= 0.3 is 0 Å². The van der Waals surface area contributed by atoms with E-state index in [2.05, 4.69) is 97.9 Å². The van der Waals surface area contributed by atoms with Crippen LogP contribution in [0, 0.1) is 6.92 Å². The van der Waals surface area contributed by atoms with Crippen LogP contribution in [0.1, 0.15) is 49.3 Å². The van der Waals surface area contributed by atoms with Crippen molar-refractivity contribution in [2.75, 3.05) is 39.8 Å². The zero-order valence-corrected chi connectivity index (χ0v) is 20.7. The second-order valence-corrected chi connectivity index (χ2v) is 9.08. The number of nitrogens with zero attached hydrogens (tertiary/aromatic N) is 2. The number of benzene rings is 2. The van der Waals surface area contributed by atoms with Crippen LogP contribution in [0.25, 0.3) is 11.1 Å². The summed E-state index contributed by atoms with van der Waals surface area (Å²) in [4.78, 5) is 4.83. The SMILES string of the molecule is C=C(CCC(=C\C)/C(=C(/CCCO)c1ccccc1)c1ccc(C)cc1)N1CCN(C)CC1. The van der Waals surface area contributed by atoms with Gasteiger partial charge in [0.25, 0.3) is 0 Å². The molecule has 1 saturated heterocycles. The molecule has 0 aromatic heterocycles. The summed E-state index contributed by atoms with van der Waals surface area (Å²) in [6.07, 6.45) is 5.79. The highest BCUT2D eigenvalue weighted by atomic mass is 16.2. The molecule has 0 bridgehead atoms. The molecule has 1 aliphatic rings. The van der Waals surface area contributed by atoms with Crippen molar-refractivity contribution < 1.29 is 5.11 Å². The van der Waals surface area contributed by atoms with E-state index in [0.29, 0.717) is 0 Å². The zero-order chi connectivity index (χ0) is 23.6. The third-order valence-electron chi connectivity index (χ3n) is 6.65. The van der Waals surface area contributed by atoms with E-state index in [9.17, 15) is 5.11 Å². The maximum absolute atomic E-state index is 9.63. The highest BCUT2D eigenvalue weighted by Gasteiger charge is 2.18. The van der Waals surface area contributed by atoms with Crippen molar-refractivity contribution >= 4 is 11.1 Å². The Bertz CT molecular complexity index is 949. The Morgan fingerprint density at radius 2 is 1.58 bits per heavy atom. The topological polar surface area (TPSA) is 26.7 Å². The summed E-state index contributed by atoms with van der Waals surface area (Å²) in [6.45, 7) is 13.2. The van der Waals surface area contributed by atoms with Crippen LogP contribution in [0.5, 0.6) is 0 Å². The Hall–Kier alpha value is -2.62. The van der Waals surface area contributed by atoms with E-state index in [0.717, 1.165) is 51.9 Å². The van der Waals surface area contributed by atoms with E-state index in [-0.39, 0.29) is 6.61 Å². The van der Waals surface area contributed by atoms with Gasteiger partial charge < -0.3 is 14.9 Å². The fourth-order valence-electron chi connectivity index (χ4n) is 4.56. The van der Waals surface area contributed by atoms with Crippen LogP contribution in [0.4, 0.5) is 0 Å². The maximum atomic E-state index is 9.63. The number of piperazine rings is 1. The first-order valence-corrected chi connectivity index (χ1v) is 12.3. The molecule has 0 amide bonds. The number of allylic oxidation sites excluding steroid dienone is 5. The van der Waals surface area contributed by atoms with Crippen LogP contribution in [0.3, 0.4) is 0 Å². The first-order chi connectivity index (χ1) is 16.0. The molecule has 3 heteroatoms. The molecular formula is C30H40N2O. The molecule has 0 aliphatic carbocycles. The molecule has 1 heterocycles. The fourth-order valence-corrected chi connectivity index (χ4v) is 4.56. The van der Waals surface area contributed by atoms with Gasteiger partial charge in [-0.25, -0.2) is 0 Å². The molecule has 33 heavy (non-hydrogen) atoms. The molecule has 1 aliphatic heterocycles. The summed E-state index contributed by atoms with van der Waals surface area (Å²) in [5, 5.41) is 9.63. The van der Waals surface area contributed by atoms with E-state index in [1.807, 2.05) is 0 Å². The Morgan fingerprint density at radius 1 is 0.909 bits per heavy atom. The van der Waals surface area contributed by atoms with Gasteiger partial charge in [-0.3, -0.25) is 0 Å². The zero-order valence-electron chi connectivity index (χ0n) is 20.7. The third kappa shape index (κ3) is 6.93. The average molecular weight is 445 g/mol. The molecule has 2 aromatic rings. The first-order valence-electron chi connectivity index (χ1n) is 12.3. The van der Waals surface area contributed by atoms with Crippen molar-refractivity contribution in [1.29, 1.82) is 0 Å². The van der Waals surface area contributed by atoms with E-state index in [1.54, 1.807) is 0 Å². The smallest absolute Gasteiger partial charge is 0.0434 e. The van der Waals surface area contributed by atoms with Crippen LogP contribution < -0.4 is 0 Å². The largest absolute Gasteiger partial charge is 0.396 e. The van der Waals surface area contributed by atoms with Gasteiger partial charge in [0.2, 0.25) is 0 Å². The molecule has 1 N–H and O–H groups in total. The van der Waals surface area contributed by atoms with Crippen molar-refractivity contribution in [3.63, 3.8) is 0 Å². The molecule has 3 rings (SSSR count). The number of rotatable bonds is 10. The van der Waals surface area contributed by atoms with Gasteiger partial charge in [-0.1, -0.05) is 72.8 Å². The molecule has 176 valence electrons. The summed E-state index contributed by atoms with van der Waals surface area (Å²) in [5.41, 5.74) is 8.96. The molecule has 0 atom stereocenters. The lowest BCUT2D eigenvalue weighted by atomic mass is 9.85. The summed E-state index contributed by atoms with van der Waals surface area (Å²) in [7, 11) is 2.19. The monoisotopic (exact) mass is 444 g/mol. The summed E-state index contributed by atoms with van der Waals surface area (Å²) >= 11 is 0. The molecular weight excluding hydrogens is 404 g/mol. The lowest BCUT2D eigenvalue weighted by molar-refractivity contribution is 0.183. The van der Waals surface area contributed by atoms with Crippen molar-refractivity contribution in [2.45, 2.75) is 39.5 Å². The Morgan fingerprint density at radius 3 is 2.18 bits per heavy atom. The van der Waals surface area contributed by atoms with Crippen molar-refractivity contribution in [1.82, 2.24) is 9.80 Å². The first kappa shape index (κ1) is 25.0. The number of likely N-dealkylation sites (N-methyl/N-ethyl adjacent to an activating group) is 1. The van der Waals surface area contributed by atoms with E-state index in [1.165, 1.54) is 39.1 Å². The standard InChI is InChI=1S/C30H40N2O/c1-5-26(18-15-25(3)32-21-19-31(4)20-22-32)30(28-16-13-24(2)14-17-28)29(12-9-23-33)27-10-7-6-8-11-27/h5-8,10-11,13-14,16-17,33H,3,9,12,15,18-23H2,1-2,4H3/b26-5+,30-29+. The normalized spacial score (nSPS) is 16.0. The summed E-state index contributed by atoms with van der Waals surface area (Å²) < 4.78 is 0. The van der Waals surface area contributed by atoms with Crippen molar-refractivity contribution in [3.05, 3.63) is 95.2 Å². The van der Waals surface area contributed by atoms with Crippen LogP contribution >= 0.6 is 0 Å². The number of aryl methyl sites for hydroxylation is 1. The molecule has 2 aromatic carbocycles. The van der Waals surface area contributed by atoms with E-state index >= 15 is 0 Å². The van der Waals surface area contributed by atoms with Crippen LogP contribution in [0.2, 0.25) is 0 Å². The minimum Gasteiger partial charge on any atom is -0.396 e. The predicted molar refractivity (Wildman–Crippen MR) is 142 cm³/mol. The molecule has 1 fully saturated rings. The van der Waals surface area contributed by atoms with Gasteiger partial charge in [0.05, 0.1) is 0 Å². The van der Waals surface area contributed by atoms with Gasteiger partial charge in [0, 0.05) is 38.5 Å². The van der Waals surface area contributed by atoms with Crippen LogP contribution in [-0.4, -0.2) is 54.7 Å². The Kier molecular flexibility index (Phi) is 9.53. The minimum atomic E-state index is 0.197. The highest BCUT2D eigenvalue weighted by Crippen LogP contribution is 2.37. The highest BCUT2D eigenvalue weighted by molar-refractivity contribution is 5.98. The predicted octanol–water partition coefficient (Wildman–Crippen LogP) is 6.17. The number of aliphatic hydroxyl groups is 1. The molecule has 0 radical (unpaired) electrons. The van der Waals surface area contributed by atoms with E-state index in [4.69, 9.17) is 0 Å². The quantitative estimate of drug-likeness (QED) is 0.351. The average Bonchev–Trinajstić information content (AvgIpc) is 2.84. The lowest BCUT2D eigenvalue weighted by Gasteiger charge is -2.35. The fraction of sp³-hybridized carbons (Fsp3) is 0.400. The third-order valence-corrected chi connectivity index (χ3v) is 6.65. The number of hydrogen-bond donors (Lipinski definition) is 1. The van der Waals surface area contributed by atoms with Gasteiger partial charge in [-0.15, -0.1) is 0 Å². The molecule has 0 unspecified atom stereocenters. The Labute approximate surface area is 200 Å². The second-order valence-electron chi connectivity index (χ2n) is 9.08. The van der Waals surface area contributed by atoms with Crippen molar-refractivity contribution in [3.8, 4) is 0 Å². The van der Waals surface area contributed by atoms with Gasteiger partial charge in [-0.05, 0) is 74.4 Å². The summed E-state index contributed by atoms with van der Waals surface area (Å²) in [5.74, 6) is 0.